The van der Waals surface area contributed by atoms with Gasteiger partial charge >= 0.3 is 0 Å². The van der Waals surface area contributed by atoms with E-state index in [0.29, 0.717) is 24.6 Å². The lowest BCUT2D eigenvalue weighted by atomic mass is 10.1. The van der Waals surface area contributed by atoms with Crippen LogP contribution in [0.1, 0.15) is 11.1 Å². The maximum Gasteiger partial charge on any atom is 0.164 e. The third kappa shape index (κ3) is 5.01. The van der Waals surface area contributed by atoms with Crippen molar-refractivity contribution in [1.82, 2.24) is 5.32 Å². The summed E-state index contributed by atoms with van der Waals surface area (Å²) >= 11 is 0. The molecule has 0 amide bonds. The van der Waals surface area contributed by atoms with Gasteiger partial charge in [0.2, 0.25) is 0 Å². The van der Waals surface area contributed by atoms with Gasteiger partial charge in [0.15, 0.2) is 11.5 Å². The molecule has 0 saturated heterocycles. The average molecular weight is 341 g/mol. The standard InChI is InChI=1S/C17H20FNO3.ClH/c1-20-15-9-17(22-3)16(21-2)8-13(15)11-19-10-12-4-6-14(18)7-5-12;/h4-9,19H,10-11H2,1-3H3;1H/p-1. The zero-order chi connectivity index (χ0) is 15.9. The number of methoxy groups -OCH3 is 3. The minimum Gasteiger partial charge on any atom is -1.00 e. The minimum absolute atomic E-state index is 0. The molecule has 2 aromatic rings. The van der Waals surface area contributed by atoms with Gasteiger partial charge in [-0.15, -0.1) is 0 Å². The van der Waals surface area contributed by atoms with Crippen molar-refractivity contribution in [3.8, 4) is 17.2 Å². The van der Waals surface area contributed by atoms with Crippen molar-refractivity contribution in [3.63, 3.8) is 0 Å². The summed E-state index contributed by atoms with van der Waals surface area (Å²) < 4.78 is 28.8. The van der Waals surface area contributed by atoms with E-state index in [4.69, 9.17) is 14.2 Å². The smallest absolute Gasteiger partial charge is 0.164 e. The average Bonchev–Trinajstić information content (AvgIpc) is 2.56. The lowest BCUT2D eigenvalue weighted by molar-refractivity contribution is -0.00000599. The highest BCUT2D eigenvalue weighted by Gasteiger charge is 2.11. The maximum atomic E-state index is 12.9. The second kappa shape index (κ2) is 9.22. The summed E-state index contributed by atoms with van der Waals surface area (Å²) in [6.45, 7) is 1.23. The molecular weight excluding hydrogens is 321 g/mol. The van der Waals surface area contributed by atoms with Gasteiger partial charge in [0, 0.05) is 24.7 Å². The van der Waals surface area contributed by atoms with Crippen molar-refractivity contribution in [2.24, 2.45) is 0 Å². The van der Waals surface area contributed by atoms with Crippen LogP contribution in [0.25, 0.3) is 0 Å². The first kappa shape index (κ1) is 19.1. The first-order valence-electron chi connectivity index (χ1n) is 6.92. The Kier molecular flexibility index (Phi) is 7.65. The molecule has 0 aliphatic carbocycles. The predicted molar refractivity (Wildman–Crippen MR) is 83.0 cm³/mol. The van der Waals surface area contributed by atoms with E-state index in [0.717, 1.165) is 16.9 Å². The Balaban J connectivity index is 0.00000264. The summed E-state index contributed by atoms with van der Waals surface area (Å²) in [7, 11) is 4.80. The molecule has 0 atom stereocenters. The number of benzene rings is 2. The van der Waals surface area contributed by atoms with Crippen LogP contribution in [0, 0.1) is 5.82 Å². The van der Waals surface area contributed by atoms with Crippen LogP contribution in [-0.2, 0) is 13.1 Å². The first-order chi connectivity index (χ1) is 10.7. The number of halogens is 2. The SMILES string of the molecule is COc1cc(OC)c(OC)cc1CNCc1ccc(F)cc1.[Cl-]. The van der Waals surface area contributed by atoms with Crippen LogP contribution in [0.3, 0.4) is 0 Å². The van der Waals surface area contributed by atoms with Gasteiger partial charge in [-0.25, -0.2) is 4.39 Å². The number of hydrogen-bond donors (Lipinski definition) is 1. The molecule has 0 aliphatic rings. The van der Waals surface area contributed by atoms with Gasteiger partial charge in [0.1, 0.15) is 11.6 Å². The second-order valence-corrected chi connectivity index (χ2v) is 4.75. The van der Waals surface area contributed by atoms with Crippen molar-refractivity contribution in [1.29, 1.82) is 0 Å². The molecule has 0 spiro atoms. The Morgan fingerprint density at radius 1 is 0.826 bits per heavy atom. The highest BCUT2D eigenvalue weighted by atomic mass is 35.5. The van der Waals surface area contributed by atoms with Crippen LogP contribution in [0.2, 0.25) is 0 Å². The molecule has 0 aromatic heterocycles. The predicted octanol–water partition coefficient (Wildman–Crippen LogP) is 0.145. The quantitative estimate of drug-likeness (QED) is 0.778. The summed E-state index contributed by atoms with van der Waals surface area (Å²) in [5.74, 6) is 1.78. The summed E-state index contributed by atoms with van der Waals surface area (Å²) in [5, 5.41) is 3.30. The van der Waals surface area contributed by atoms with Crippen molar-refractivity contribution in [2.75, 3.05) is 21.3 Å². The monoisotopic (exact) mass is 340 g/mol. The first-order valence-corrected chi connectivity index (χ1v) is 6.92. The van der Waals surface area contributed by atoms with Gasteiger partial charge in [-0.2, -0.15) is 0 Å². The van der Waals surface area contributed by atoms with Crippen LogP contribution in [0.4, 0.5) is 4.39 Å². The van der Waals surface area contributed by atoms with E-state index in [2.05, 4.69) is 5.32 Å². The fourth-order valence-corrected chi connectivity index (χ4v) is 2.17. The number of hydrogen-bond acceptors (Lipinski definition) is 4. The van der Waals surface area contributed by atoms with Crippen molar-refractivity contribution in [2.45, 2.75) is 13.1 Å². The molecular formula is C17H20ClFNO3-. The number of rotatable bonds is 7. The minimum atomic E-state index is -0.231. The molecule has 0 unspecified atom stereocenters. The third-order valence-corrected chi connectivity index (χ3v) is 3.34. The second-order valence-electron chi connectivity index (χ2n) is 4.75. The molecule has 126 valence electrons. The largest absolute Gasteiger partial charge is 1.00 e. The van der Waals surface area contributed by atoms with Gasteiger partial charge < -0.3 is 31.9 Å². The molecule has 2 aromatic carbocycles. The highest BCUT2D eigenvalue weighted by molar-refractivity contribution is 5.50. The summed E-state index contributed by atoms with van der Waals surface area (Å²) in [5.41, 5.74) is 1.98. The molecule has 23 heavy (non-hydrogen) atoms. The Hall–Kier alpha value is -1.98. The van der Waals surface area contributed by atoms with Crippen molar-refractivity contribution in [3.05, 3.63) is 53.3 Å². The Morgan fingerprint density at radius 2 is 1.39 bits per heavy atom. The van der Waals surface area contributed by atoms with E-state index < -0.39 is 0 Å². The van der Waals surface area contributed by atoms with E-state index in [9.17, 15) is 4.39 Å². The van der Waals surface area contributed by atoms with Gasteiger partial charge in [0.25, 0.3) is 0 Å². The van der Waals surface area contributed by atoms with E-state index in [1.165, 1.54) is 12.1 Å². The van der Waals surface area contributed by atoms with Crippen LogP contribution >= 0.6 is 0 Å². The molecule has 2 rings (SSSR count). The molecule has 0 radical (unpaired) electrons. The molecule has 4 nitrogen and oxygen atoms in total. The van der Waals surface area contributed by atoms with Crippen LogP contribution in [-0.4, -0.2) is 21.3 Å². The number of ether oxygens (including phenoxy) is 3. The van der Waals surface area contributed by atoms with Gasteiger partial charge in [-0.05, 0) is 23.8 Å². The summed E-state index contributed by atoms with van der Waals surface area (Å²) in [6.07, 6.45) is 0. The lowest BCUT2D eigenvalue weighted by Crippen LogP contribution is -3.00. The normalized spacial score (nSPS) is 9.91. The third-order valence-electron chi connectivity index (χ3n) is 3.34. The van der Waals surface area contributed by atoms with E-state index >= 15 is 0 Å². The van der Waals surface area contributed by atoms with E-state index in [-0.39, 0.29) is 18.2 Å². The Bertz CT molecular complexity index is 620. The maximum absolute atomic E-state index is 12.9. The number of nitrogens with one attached hydrogen (secondary N) is 1. The van der Waals surface area contributed by atoms with E-state index in [1.54, 1.807) is 39.5 Å². The molecule has 0 heterocycles. The highest BCUT2D eigenvalue weighted by Crippen LogP contribution is 2.34. The Labute approximate surface area is 142 Å². The van der Waals surface area contributed by atoms with Crippen LogP contribution < -0.4 is 31.9 Å². The van der Waals surface area contributed by atoms with Crippen LogP contribution in [0.5, 0.6) is 17.2 Å². The fourth-order valence-electron chi connectivity index (χ4n) is 2.17. The summed E-state index contributed by atoms with van der Waals surface area (Å²) in [6, 6.07) is 10.1. The lowest BCUT2D eigenvalue weighted by Gasteiger charge is -2.14. The molecule has 0 aliphatic heterocycles. The molecule has 0 saturated carbocycles. The van der Waals surface area contributed by atoms with Crippen molar-refractivity contribution < 1.29 is 31.0 Å². The van der Waals surface area contributed by atoms with Gasteiger partial charge in [0.05, 0.1) is 21.3 Å². The zero-order valence-corrected chi connectivity index (χ0v) is 14.1. The van der Waals surface area contributed by atoms with Crippen molar-refractivity contribution >= 4 is 0 Å². The molecule has 6 heteroatoms. The van der Waals surface area contributed by atoms with E-state index in [1.807, 2.05) is 6.07 Å². The zero-order valence-electron chi connectivity index (χ0n) is 13.4. The molecule has 1 N–H and O–H groups in total. The molecule has 0 fully saturated rings. The fraction of sp³-hybridized carbons (Fsp3) is 0.294. The van der Waals surface area contributed by atoms with Gasteiger partial charge in [-0.3, -0.25) is 0 Å². The summed E-state index contributed by atoms with van der Waals surface area (Å²) in [4.78, 5) is 0. The topological polar surface area (TPSA) is 39.7 Å². The Morgan fingerprint density at radius 3 is 1.96 bits per heavy atom. The van der Waals surface area contributed by atoms with Gasteiger partial charge in [-0.1, -0.05) is 12.1 Å². The van der Waals surface area contributed by atoms with Crippen LogP contribution in [0.15, 0.2) is 36.4 Å². The molecule has 0 bridgehead atoms.